The number of alkyl halides is 3. The molecule has 1 unspecified atom stereocenters. The lowest BCUT2D eigenvalue weighted by Crippen LogP contribution is -2.11. The Balaban J connectivity index is 2.05. The van der Waals surface area contributed by atoms with E-state index in [-0.39, 0.29) is 10.9 Å². The van der Waals surface area contributed by atoms with E-state index >= 15 is 0 Å². The zero-order chi connectivity index (χ0) is 15.0. The van der Waals surface area contributed by atoms with E-state index in [1.165, 1.54) is 12.4 Å². The molecule has 0 aliphatic carbocycles. The summed E-state index contributed by atoms with van der Waals surface area (Å²) < 4.78 is 40.4. The molecule has 0 amide bonds. The summed E-state index contributed by atoms with van der Waals surface area (Å²) in [7, 11) is 0. The maximum atomic E-state index is 12.9. The Bertz CT molecular complexity index is 645. The van der Waals surface area contributed by atoms with Crippen LogP contribution in [-0.2, 0) is 6.18 Å². The van der Waals surface area contributed by atoms with Crippen LogP contribution in [0, 0.1) is 0 Å². The minimum Gasteiger partial charge on any atom is -0.316 e. The monoisotopic (exact) mass is 315 g/mol. The second kappa shape index (κ2) is 5.35. The number of benzene rings is 1. The third kappa shape index (κ3) is 2.91. The lowest BCUT2D eigenvalue weighted by atomic mass is 10.1. The van der Waals surface area contributed by atoms with Gasteiger partial charge in [-0.2, -0.15) is 13.2 Å². The Morgan fingerprint density at radius 1 is 1.29 bits per heavy atom. The van der Waals surface area contributed by atoms with Crippen LogP contribution in [0.15, 0.2) is 30.7 Å². The van der Waals surface area contributed by atoms with Crippen molar-refractivity contribution in [3.05, 3.63) is 47.0 Å². The average Bonchev–Trinajstić information content (AvgIpc) is 3.07. The third-order valence-electron chi connectivity index (χ3n) is 3.63. The van der Waals surface area contributed by atoms with Gasteiger partial charge in [0.15, 0.2) is 0 Å². The summed E-state index contributed by atoms with van der Waals surface area (Å²) >= 11 is 5.84. The summed E-state index contributed by atoms with van der Waals surface area (Å²) in [6, 6.07) is 3.54. The van der Waals surface area contributed by atoms with E-state index in [1.54, 1.807) is 10.8 Å². The number of imidazole rings is 1. The second-order valence-corrected chi connectivity index (χ2v) is 5.51. The first-order valence-corrected chi connectivity index (χ1v) is 6.94. The van der Waals surface area contributed by atoms with Crippen molar-refractivity contribution in [2.24, 2.45) is 0 Å². The van der Waals surface area contributed by atoms with Crippen LogP contribution in [0.1, 0.15) is 23.6 Å². The molecule has 1 fully saturated rings. The molecular formula is C14H13ClF3N3. The standard InChI is InChI=1S/C14H13ClF3N3/c15-11-3-10(14(16,17)18)4-12(5-11)21-8-20-7-13(21)9-1-2-19-6-9/h3-5,7-9,19H,1-2,6H2. The Labute approximate surface area is 124 Å². The highest BCUT2D eigenvalue weighted by Gasteiger charge is 2.31. The van der Waals surface area contributed by atoms with Crippen molar-refractivity contribution in [3.8, 4) is 5.69 Å². The molecule has 1 aromatic heterocycles. The molecule has 3 nitrogen and oxygen atoms in total. The van der Waals surface area contributed by atoms with Crippen LogP contribution in [-0.4, -0.2) is 22.6 Å². The minimum absolute atomic E-state index is 0.0593. The number of nitrogens with one attached hydrogen (secondary N) is 1. The number of halogens is 4. The molecule has 1 atom stereocenters. The van der Waals surface area contributed by atoms with Gasteiger partial charge in [0.1, 0.15) is 0 Å². The molecule has 2 heterocycles. The van der Waals surface area contributed by atoms with Crippen molar-refractivity contribution >= 4 is 11.6 Å². The number of hydrogen-bond donors (Lipinski definition) is 1. The largest absolute Gasteiger partial charge is 0.416 e. The predicted molar refractivity (Wildman–Crippen MR) is 73.8 cm³/mol. The van der Waals surface area contributed by atoms with Crippen molar-refractivity contribution in [2.75, 3.05) is 13.1 Å². The number of aromatic nitrogens is 2. The first-order valence-electron chi connectivity index (χ1n) is 6.56. The molecule has 0 spiro atoms. The van der Waals surface area contributed by atoms with Gasteiger partial charge < -0.3 is 9.88 Å². The van der Waals surface area contributed by atoms with Gasteiger partial charge in [-0.3, -0.25) is 0 Å². The highest BCUT2D eigenvalue weighted by molar-refractivity contribution is 6.30. The Morgan fingerprint density at radius 3 is 2.76 bits per heavy atom. The van der Waals surface area contributed by atoms with Crippen molar-refractivity contribution < 1.29 is 13.2 Å². The Morgan fingerprint density at radius 2 is 2.10 bits per heavy atom. The molecule has 112 valence electrons. The molecule has 1 N–H and O–H groups in total. The Kier molecular flexibility index (Phi) is 3.67. The molecule has 1 aliphatic heterocycles. The van der Waals surface area contributed by atoms with Crippen LogP contribution >= 0.6 is 11.6 Å². The van der Waals surface area contributed by atoms with Crippen LogP contribution in [0.25, 0.3) is 5.69 Å². The van der Waals surface area contributed by atoms with Crippen LogP contribution < -0.4 is 5.32 Å². The van der Waals surface area contributed by atoms with E-state index in [1.807, 2.05) is 0 Å². The van der Waals surface area contributed by atoms with Gasteiger partial charge in [0.2, 0.25) is 0 Å². The number of rotatable bonds is 2. The molecule has 1 saturated heterocycles. The lowest BCUT2D eigenvalue weighted by molar-refractivity contribution is -0.137. The van der Waals surface area contributed by atoms with E-state index in [4.69, 9.17) is 11.6 Å². The van der Waals surface area contributed by atoms with E-state index in [2.05, 4.69) is 10.3 Å². The third-order valence-corrected chi connectivity index (χ3v) is 3.85. The topological polar surface area (TPSA) is 29.9 Å². The second-order valence-electron chi connectivity index (χ2n) is 5.07. The van der Waals surface area contributed by atoms with E-state index in [0.29, 0.717) is 5.69 Å². The summed E-state index contributed by atoms with van der Waals surface area (Å²) in [5.74, 6) is 0.251. The van der Waals surface area contributed by atoms with Gasteiger partial charge in [-0.1, -0.05) is 11.6 Å². The van der Waals surface area contributed by atoms with Gasteiger partial charge in [-0.05, 0) is 31.2 Å². The molecule has 2 aromatic rings. The molecule has 1 aliphatic rings. The van der Waals surface area contributed by atoms with E-state index < -0.39 is 11.7 Å². The normalized spacial score (nSPS) is 19.1. The number of hydrogen-bond acceptors (Lipinski definition) is 2. The summed E-state index contributed by atoms with van der Waals surface area (Å²) in [5.41, 5.74) is 0.527. The van der Waals surface area contributed by atoms with Crippen LogP contribution in [0.3, 0.4) is 0 Å². The Hall–Kier alpha value is -1.53. The van der Waals surface area contributed by atoms with Crippen LogP contribution in [0.4, 0.5) is 13.2 Å². The molecule has 3 rings (SSSR count). The van der Waals surface area contributed by atoms with Crippen molar-refractivity contribution in [1.29, 1.82) is 0 Å². The molecule has 0 saturated carbocycles. The van der Waals surface area contributed by atoms with Crippen molar-refractivity contribution in [2.45, 2.75) is 18.5 Å². The summed E-state index contributed by atoms with van der Waals surface area (Å²) in [6.07, 6.45) is -0.251. The van der Waals surface area contributed by atoms with E-state index in [0.717, 1.165) is 37.3 Å². The van der Waals surface area contributed by atoms with Crippen molar-refractivity contribution in [1.82, 2.24) is 14.9 Å². The zero-order valence-electron chi connectivity index (χ0n) is 11.0. The highest BCUT2D eigenvalue weighted by Crippen LogP contribution is 2.34. The van der Waals surface area contributed by atoms with Crippen LogP contribution in [0.5, 0.6) is 0 Å². The van der Waals surface area contributed by atoms with Gasteiger partial charge in [-0.25, -0.2) is 4.98 Å². The molecule has 0 radical (unpaired) electrons. The molecular weight excluding hydrogens is 303 g/mol. The summed E-state index contributed by atoms with van der Waals surface area (Å²) in [6.45, 7) is 1.71. The van der Waals surface area contributed by atoms with Gasteiger partial charge in [-0.15, -0.1) is 0 Å². The maximum Gasteiger partial charge on any atom is 0.416 e. The summed E-state index contributed by atoms with van der Waals surface area (Å²) in [4.78, 5) is 4.08. The number of nitrogens with zero attached hydrogens (tertiary/aromatic N) is 2. The van der Waals surface area contributed by atoms with Gasteiger partial charge in [0.05, 0.1) is 11.9 Å². The fourth-order valence-electron chi connectivity index (χ4n) is 2.61. The van der Waals surface area contributed by atoms with Gasteiger partial charge in [0.25, 0.3) is 0 Å². The molecule has 7 heteroatoms. The average molecular weight is 316 g/mol. The highest BCUT2D eigenvalue weighted by atomic mass is 35.5. The first kappa shape index (κ1) is 14.4. The molecule has 0 bridgehead atoms. The van der Waals surface area contributed by atoms with Gasteiger partial charge in [0, 0.05) is 35.1 Å². The molecule has 1 aromatic carbocycles. The smallest absolute Gasteiger partial charge is 0.316 e. The fraction of sp³-hybridized carbons (Fsp3) is 0.357. The minimum atomic E-state index is -4.42. The fourth-order valence-corrected chi connectivity index (χ4v) is 2.84. The SMILES string of the molecule is FC(F)(F)c1cc(Cl)cc(-n2cncc2C2CCNC2)c1. The molecule has 21 heavy (non-hydrogen) atoms. The lowest BCUT2D eigenvalue weighted by Gasteiger charge is -2.15. The zero-order valence-corrected chi connectivity index (χ0v) is 11.7. The predicted octanol–water partition coefficient (Wildman–Crippen LogP) is 3.62. The van der Waals surface area contributed by atoms with Gasteiger partial charge >= 0.3 is 6.18 Å². The first-order chi connectivity index (χ1) is 9.95. The quantitative estimate of drug-likeness (QED) is 0.917. The van der Waals surface area contributed by atoms with E-state index in [9.17, 15) is 13.2 Å². The summed E-state index contributed by atoms with van der Waals surface area (Å²) in [5, 5.41) is 3.30. The van der Waals surface area contributed by atoms with Crippen molar-refractivity contribution in [3.63, 3.8) is 0 Å². The van der Waals surface area contributed by atoms with Crippen LogP contribution in [0.2, 0.25) is 5.02 Å². The maximum absolute atomic E-state index is 12.9.